The number of anilines is 1. The summed E-state index contributed by atoms with van der Waals surface area (Å²) in [5.41, 5.74) is 2.80. The van der Waals surface area contributed by atoms with Gasteiger partial charge in [-0.25, -0.2) is 9.80 Å². The molecule has 0 radical (unpaired) electrons. The third kappa shape index (κ3) is 3.60. The van der Waals surface area contributed by atoms with Crippen LogP contribution in [0.4, 0.5) is 5.69 Å². The molecule has 0 bridgehead atoms. The molecule has 0 aliphatic carbocycles. The van der Waals surface area contributed by atoms with Crippen molar-refractivity contribution in [3.63, 3.8) is 0 Å². The summed E-state index contributed by atoms with van der Waals surface area (Å²) in [5.74, 6) is -1.61. The Bertz CT molecular complexity index is 789. The standard InChI is InChI=1S/C18H21N3O5/c1-11-3-4-12(2)14(9-11)21-16(22)6-5-13(19-21)17(23)20-7-8-26-15(10-20)18(24)25/h3-4,9,15H,5-8,10H2,1-2H3,(H,24,25)/t15-/m0/s1. The highest BCUT2D eigenvalue weighted by molar-refractivity contribution is 6.40. The van der Waals surface area contributed by atoms with E-state index in [2.05, 4.69) is 5.10 Å². The van der Waals surface area contributed by atoms with Gasteiger partial charge in [-0.3, -0.25) is 9.59 Å². The van der Waals surface area contributed by atoms with Crippen molar-refractivity contribution in [2.45, 2.75) is 32.8 Å². The molecule has 1 fully saturated rings. The molecule has 2 amide bonds. The van der Waals surface area contributed by atoms with Gasteiger partial charge in [-0.05, 0) is 31.0 Å². The quantitative estimate of drug-likeness (QED) is 0.871. The molecular weight excluding hydrogens is 338 g/mol. The van der Waals surface area contributed by atoms with Crippen LogP contribution in [0.2, 0.25) is 0 Å². The molecule has 2 aliphatic heterocycles. The third-order valence-electron chi connectivity index (χ3n) is 4.50. The molecule has 1 saturated heterocycles. The van der Waals surface area contributed by atoms with Crippen LogP contribution in [0.1, 0.15) is 24.0 Å². The second-order valence-electron chi connectivity index (χ2n) is 6.49. The Morgan fingerprint density at radius 3 is 2.77 bits per heavy atom. The summed E-state index contributed by atoms with van der Waals surface area (Å²) in [6.45, 7) is 4.25. The van der Waals surface area contributed by atoms with Gasteiger partial charge in [-0.2, -0.15) is 5.10 Å². The minimum absolute atomic E-state index is 0.0232. The monoisotopic (exact) mass is 359 g/mol. The molecule has 8 nitrogen and oxygen atoms in total. The number of morpholine rings is 1. The van der Waals surface area contributed by atoms with E-state index in [0.717, 1.165) is 11.1 Å². The van der Waals surface area contributed by atoms with Crippen LogP contribution in [-0.4, -0.2) is 59.3 Å². The first-order valence-electron chi connectivity index (χ1n) is 8.48. The van der Waals surface area contributed by atoms with Crippen molar-refractivity contribution in [2.75, 3.05) is 24.7 Å². The summed E-state index contributed by atoms with van der Waals surface area (Å²) in [7, 11) is 0. The van der Waals surface area contributed by atoms with Crippen LogP contribution in [0.15, 0.2) is 23.3 Å². The van der Waals surface area contributed by atoms with Crippen molar-refractivity contribution in [1.29, 1.82) is 0 Å². The summed E-state index contributed by atoms with van der Waals surface area (Å²) in [6, 6.07) is 5.71. The molecule has 2 heterocycles. The van der Waals surface area contributed by atoms with E-state index < -0.39 is 12.1 Å². The van der Waals surface area contributed by atoms with Crippen molar-refractivity contribution in [1.82, 2.24) is 4.90 Å². The Hall–Kier alpha value is -2.74. The first-order valence-corrected chi connectivity index (χ1v) is 8.48. The fourth-order valence-corrected chi connectivity index (χ4v) is 3.01. The zero-order chi connectivity index (χ0) is 18.8. The Balaban J connectivity index is 1.85. The van der Waals surface area contributed by atoms with Gasteiger partial charge in [0.25, 0.3) is 5.91 Å². The average molecular weight is 359 g/mol. The largest absolute Gasteiger partial charge is 0.479 e. The number of carbonyl (C=O) groups is 3. The van der Waals surface area contributed by atoms with Crippen molar-refractivity contribution in [2.24, 2.45) is 5.10 Å². The molecule has 0 saturated carbocycles. The lowest BCUT2D eigenvalue weighted by Gasteiger charge is -2.32. The summed E-state index contributed by atoms with van der Waals surface area (Å²) in [5, 5.41) is 14.7. The van der Waals surface area contributed by atoms with Crippen LogP contribution in [0, 0.1) is 13.8 Å². The number of hydrogen-bond acceptors (Lipinski definition) is 5. The minimum atomic E-state index is -1.10. The number of ether oxygens (including phenoxy) is 1. The van der Waals surface area contributed by atoms with Gasteiger partial charge in [0, 0.05) is 19.4 Å². The van der Waals surface area contributed by atoms with Crippen molar-refractivity contribution in [3.8, 4) is 0 Å². The highest BCUT2D eigenvalue weighted by atomic mass is 16.5. The molecule has 1 aromatic rings. The number of carboxylic acid groups (broad SMARTS) is 1. The molecule has 2 aliphatic rings. The van der Waals surface area contributed by atoms with Gasteiger partial charge in [-0.15, -0.1) is 0 Å². The summed E-state index contributed by atoms with van der Waals surface area (Å²) in [4.78, 5) is 37.6. The van der Waals surface area contributed by atoms with Gasteiger partial charge < -0.3 is 14.7 Å². The molecular formula is C18H21N3O5. The molecule has 138 valence electrons. The van der Waals surface area contributed by atoms with E-state index in [1.54, 1.807) is 0 Å². The first kappa shape index (κ1) is 18.1. The molecule has 8 heteroatoms. The van der Waals surface area contributed by atoms with E-state index in [1.807, 2.05) is 32.0 Å². The fraction of sp³-hybridized carbons (Fsp3) is 0.444. The number of carboxylic acids is 1. The number of hydrogen-bond donors (Lipinski definition) is 1. The predicted molar refractivity (Wildman–Crippen MR) is 94.0 cm³/mol. The maximum Gasteiger partial charge on any atom is 0.334 e. The smallest absolute Gasteiger partial charge is 0.334 e. The maximum absolute atomic E-state index is 12.8. The van der Waals surface area contributed by atoms with Gasteiger partial charge in [0.2, 0.25) is 5.91 Å². The highest BCUT2D eigenvalue weighted by Gasteiger charge is 2.33. The summed E-state index contributed by atoms with van der Waals surface area (Å²) in [6.07, 6.45) is -0.604. The van der Waals surface area contributed by atoms with Crippen molar-refractivity contribution in [3.05, 3.63) is 29.3 Å². The number of rotatable bonds is 3. The fourth-order valence-electron chi connectivity index (χ4n) is 3.01. The van der Waals surface area contributed by atoms with E-state index in [0.29, 0.717) is 12.2 Å². The Morgan fingerprint density at radius 2 is 2.04 bits per heavy atom. The predicted octanol–water partition coefficient (Wildman–Crippen LogP) is 1.10. The zero-order valence-corrected chi connectivity index (χ0v) is 14.8. The first-order chi connectivity index (χ1) is 12.4. The molecule has 0 unspecified atom stereocenters. The second kappa shape index (κ2) is 7.25. The Labute approximate surface area is 151 Å². The van der Waals surface area contributed by atoms with Gasteiger partial charge in [-0.1, -0.05) is 12.1 Å². The minimum Gasteiger partial charge on any atom is -0.479 e. The lowest BCUT2D eigenvalue weighted by atomic mass is 10.1. The van der Waals surface area contributed by atoms with Crippen LogP contribution in [0.5, 0.6) is 0 Å². The van der Waals surface area contributed by atoms with Gasteiger partial charge in [0.15, 0.2) is 6.10 Å². The van der Waals surface area contributed by atoms with E-state index in [9.17, 15) is 14.4 Å². The SMILES string of the molecule is Cc1ccc(C)c(N2N=C(C(=O)N3CCO[C@H](C(=O)O)C3)CCC2=O)c1. The Morgan fingerprint density at radius 1 is 1.27 bits per heavy atom. The van der Waals surface area contributed by atoms with Crippen LogP contribution >= 0.6 is 0 Å². The number of hydrazone groups is 1. The molecule has 3 rings (SSSR count). The van der Waals surface area contributed by atoms with E-state index >= 15 is 0 Å². The maximum atomic E-state index is 12.8. The van der Waals surface area contributed by atoms with Crippen LogP contribution in [0.25, 0.3) is 0 Å². The van der Waals surface area contributed by atoms with Crippen LogP contribution in [-0.2, 0) is 19.1 Å². The number of amides is 2. The molecule has 26 heavy (non-hydrogen) atoms. The Kier molecular flexibility index (Phi) is 5.03. The summed E-state index contributed by atoms with van der Waals surface area (Å²) < 4.78 is 5.15. The van der Waals surface area contributed by atoms with Gasteiger partial charge >= 0.3 is 5.97 Å². The molecule has 1 N–H and O–H groups in total. The second-order valence-corrected chi connectivity index (χ2v) is 6.49. The van der Waals surface area contributed by atoms with E-state index in [1.165, 1.54) is 9.91 Å². The van der Waals surface area contributed by atoms with Crippen LogP contribution < -0.4 is 5.01 Å². The molecule has 0 spiro atoms. The highest BCUT2D eigenvalue weighted by Crippen LogP contribution is 2.26. The lowest BCUT2D eigenvalue weighted by molar-refractivity contribution is -0.157. The normalized spacial score (nSPS) is 20.8. The van der Waals surface area contributed by atoms with Gasteiger partial charge in [0.05, 0.1) is 18.8 Å². The number of carbonyl (C=O) groups excluding carboxylic acids is 2. The zero-order valence-electron chi connectivity index (χ0n) is 14.8. The molecule has 1 atom stereocenters. The number of nitrogens with zero attached hydrogens (tertiary/aromatic N) is 3. The lowest BCUT2D eigenvalue weighted by Crippen LogP contribution is -2.51. The van der Waals surface area contributed by atoms with Crippen molar-refractivity contribution < 1.29 is 24.2 Å². The number of benzene rings is 1. The number of aliphatic carboxylic acids is 1. The van der Waals surface area contributed by atoms with Crippen LogP contribution in [0.3, 0.4) is 0 Å². The number of aryl methyl sites for hydroxylation is 2. The average Bonchev–Trinajstić information content (AvgIpc) is 2.64. The van der Waals surface area contributed by atoms with E-state index in [-0.39, 0.29) is 43.5 Å². The van der Waals surface area contributed by atoms with Gasteiger partial charge in [0.1, 0.15) is 5.71 Å². The van der Waals surface area contributed by atoms with E-state index in [4.69, 9.17) is 9.84 Å². The molecule has 1 aromatic carbocycles. The third-order valence-corrected chi connectivity index (χ3v) is 4.50. The van der Waals surface area contributed by atoms with Crippen molar-refractivity contribution >= 4 is 29.2 Å². The topological polar surface area (TPSA) is 99.5 Å². The molecule has 0 aromatic heterocycles. The summed E-state index contributed by atoms with van der Waals surface area (Å²) >= 11 is 0.